The molecule has 1 aliphatic heterocycles. The van der Waals surface area contributed by atoms with E-state index in [-0.39, 0.29) is 18.3 Å². The van der Waals surface area contributed by atoms with Crippen LogP contribution in [0.5, 0.6) is 5.75 Å². The maximum absolute atomic E-state index is 13.3. The molecule has 1 aromatic carbocycles. The predicted octanol–water partition coefficient (Wildman–Crippen LogP) is 2.06. The number of likely N-dealkylation sites (tertiary alicyclic amines) is 1. The van der Waals surface area contributed by atoms with Gasteiger partial charge in [0.2, 0.25) is 0 Å². The van der Waals surface area contributed by atoms with Gasteiger partial charge >= 0.3 is 0 Å². The Hall–Kier alpha value is -1.49. The molecular weight excluding hydrogens is 240 g/mol. The van der Waals surface area contributed by atoms with E-state index >= 15 is 0 Å². The zero-order valence-electron chi connectivity index (χ0n) is 9.94. The molecule has 0 atom stereocenters. The molecule has 0 N–H and O–H groups in total. The van der Waals surface area contributed by atoms with Crippen molar-refractivity contribution in [2.75, 3.05) is 26.3 Å². The number of halogens is 2. The standard InChI is InChI=1S/C13H15F2NO2/c14-4-1-5-16-7-12(8-16)18-11-3-2-10(9-17)13(15)6-11/h2-3,6,9,12H,1,4-5,7-8H2. The van der Waals surface area contributed by atoms with E-state index in [9.17, 15) is 13.6 Å². The Kier molecular flexibility index (Phi) is 4.25. The Bertz CT molecular complexity index is 419. The number of nitrogens with zero attached hydrogens (tertiary/aromatic N) is 1. The highest BCUT2D eigenvalue weighted by molar-refractivity contribution is 5.75. The number of rotatable bonds is 6. The Morgan fingerprint density at radius 1 is 1.44 bits per heavy atom. The highest BCUT2D eigenvalue weighted by Gasteiger charge is 2.27. The van der Waals surface area contributed by atoms with Gasteiger partial charge in [-0.2, -0.15) is 0 Å². The summed E-state index contributed by atoms with van der Waals surface area (Å²) in [5.74, 6) is -0.149. The Labute approximate surface area is 104 Å². The molecule has 3 nitrogen and oxygen atoms in total. The predicted molar refractivity (Wildman–Crippen MR) is 63.2 cm³/mol. The zero-order chi connectivity index (χ0) is 13.0. The molecule has 1 heterocycles. The number of alkyl halides is 1. The third-order valence-corrected chi connectivity index (χ3v) is 2.93. The molecule has 0 saturated carbocycles. The third kappa shape index (κ3) is 3.04. The van der Waals surface area contributed by atoms with Crippen molar-refractivity contribution < 1.29 is 18.3 Å². The average Bonchev–Trinajstić information content (AvgIpc) is 2.32. The van der Waals surface area contributed by atoms with Gasteiger partial charge in [-0.15, -0.1) is 0 Å². The van der Waals surface area contributed by atoms with Crippen molar-refractivity contribution in [2.24, 2.45) is 0 Å². The second-order valence-electron chi connectivity index (χ2n) is 4.34. The van der Waals surface area contributed by atoms with Crippen LogP contribution in [0.3, 0.4) is 0 Å². The molecule has 98 valence electrons. The van der Waals surface area contributed by atoms with Gasteiger partial charge < -0.3 is 4.74 Å². The summed E-state index contributed by atoms with van der Waals surface area (Å²) < 4.78 is 30.8. The topological polar surface area (TPSA) is 29.5 Å². The summed E-state index contributed by atoms with van der Waals surface area (Å²) in [5, 5.41) is 0. The first kappa shape index (κ1) is 13.0. The molecule has 5 heteroatoms. The molecule has 0 bridgehead atoms. The summed E-state index contributed by atoms with van der Waals surface area (Å²) in [7, 11) is 0. The van der Waals surface area contributed by atoms with Crippen molar-refractivity contribution in [1.82, 2.24) is 4.90 Å². The van der Waals surface area contributed by atoms with Gasteiger partial charge in [0.25, 0.3) is 0 Å². The third-order valence-electron chi connectivity index (χ3n) is 2.93. The molecule has 1 saturated heterocycles. The van der Waals surface area contributed by atoms with Gasteiger partial charge in [0, 0.05) is 25.7 Å². The first-order chi connectivity index (χ1) is 8.72. The number of aldehydes is 1. The maximum Gasteiger partial charge on any atom is 0.152 e. The van der Waals surface area contributed by atoms with Crippen molar-refractivity contribution >= 4 is 6.29 Å². The molecular formula is C13H15F2NO2. The highest BCUT2D eigenvalue weighted by Crippen LogP contribution is 2.20. The van der Waals surface area contributed by atoms with E-state index in [0.717, 1.165) is 19.6 Å². The van der Waals surface area contributed by atoms with Gasteiger partial charge in [-0.05, 0) is 18.6 Å². The minimum Gasteiger partial charge on any atom is -0.488 e. The second-order valence-corrected chi connectivity index (χ2v) is 4.34. The number of carbonyl (C=O) groups is 1. The largest absolute Gasteiger partial charge is 0.488 e. The van der Waals surface area contributed by atoms with E-state index in [2.05, 4.69) is 4.90 Å². The fourth-order valence-electron chi connectivity index (χ4n) is 1.93. The van der Waals surface area contributed by atoms with Crippen LogP contribution in [0.2, 0.25) is 0 Å². The molecule has 0 aromatic heterocycles. The number of hydrogen-bond donors (Lipinski definition) is 0. The minimum atomic E-state index is -0.573. The zero-order valence-corrected chi connectivity index (χ0v) is 9.94. The molecule has 1 aromatic rings. The smallest absolute Gasteiger partial charge is 0.152 e. The highest BCUT2D eigenvalue weighted by atomic mass is 19.1. The lowest BCUT2D eigenvalue weighted by Crippen LogP contribution is -2.53. The molecule has 18 heavy (non-hydrogen) atoms. The van der Waals surface area contributed by atoms with Crippen LogP contribution >= 0.6 is 0 Å². The van der Waals surface area contributed by atoms with Gasteiger partial charge in [0.05, 0.1) is 12.2 Å². The van der Waals surface area contributed by atoms with E-state index in [1.54, 1.807) is 6.07 Å². The number of hydrogen-bond acceptors (Lipinski definition) is 3. The first-order valence-corrected chi connectivity index (χ1v) is 5.92. The van der Waals surface area contributed by atoms with Crippen LogP contribution < -0.4 is 4.74 Å². The van der Waals surface area contributed by atoms with Gasteiger partial charge in [0.15, 0.2) is 6.29 Å². The molecule has 0 unspecified atom stereocenters. The van der Waals surface area contributed by atoms with E-state index in [1.165, 1.54) is 12.1 Å². The quantitative estimate of drug-likeness (QED) is 0.729. The lowest BCUT2D eigenvalue weighted by molar-refractivity contribution is 0.0183. The van der Waals surface area contributed by atoms with Gasteiger partial charge in [-0.1, -0.05) is 0 Å². The van der Waals surface area contributed by atoms with Crippen molar-refractivity contribution in [3.05, 3.63) is 29.6 Å². The van der Waals surface area contributed by atoms with Gasteiger partial charge in [0.1, 0.15) is 17.7 Å². The van der Waals surface area contributed by atoms with Crippen molar-refractivity contribution in [2.45, 2.75) is 12.5 Å². The average molecular weight is 255 g/mol. The van der Waals surface area contributed by atoms with Crippen molar-refractivity contribution in [3.8, 4) is 5.75 Å². The number of carbonyl (C=O) groups excluding carboxylic acids is 1. The Morgan fingerprint density at radius 3 is 2.83 bits per heavy atom. The normalized spacial score (nSPS) is 16.3. The van der Waals surface area contributed by atoms with Crippen LogP contribution in [-0.2, 0) is 0 Å². The van der Waals surface area contributed by atoms with Crippen molar-refractivity contribution in [1.29, 1.82) is 0 Å². The Morgan fingerprint density at radius 2 is 2.22 bits per heavy atom. The molecule has 2 rings (SSSR count). The second kappa shape index (κ2) is 5.91. The molecule has 0 spiro atoms. The number of ether oxygens (including phenoxy) is 1. The fourth-order valence-corrected chi connectivity index (χ4v) is 1.93. The Balaban J connectivity index is 1.81. The van der Waals surface area contributed by atoms with Crippen LogP contribution in [-0.4, -0.2) is 43.6 Å². The summed E-state index contributed by atoms with van der Waals surface area (Å²) in [6.45, 7) is 1.89. The molecule has 1 aliphatic rings. The summed E-state index contributed by atoms with van der Waals surface area (Å²) in [4.78, 5) is 12.5. The molecule has 0 amide bonds. The molecule has 0 radical (unpaired) electrons. The fraction of sp³-hybridized carbons (Fsp3) is 0.462. The molecule has 1 fully saturated rings. The van der Waals surface area contributed by atoms with Crippen LogP contribution in [0, 0.1) is 5.82 Å². The monoisotopic (exact) mass is 255 g/mol. The van der Waals surface area contributed by atoms with Crippen LogP contribution in [0.15, 0.2) is 18.2 Å². The minimum absolute atomic E-state index is 0.0195. The van der Waals surface area contributed by atoms with Crippen molar-refractivity contribution in [3.63, 3.8) is 0 Å². The van der Waals surface area contributed by atoms with E-state index < -0.39 is 5.82 Å². The van der Waals surface area contributed by atoms with Gasteiger partial charge in [-0.25, -0.2) is 4.39 Å². The van der Waals surface area contributed by atoms with E-state index in [0.29, 0.717) is 18.5 Å². The van der Waals surface area contributed by atoms with Gasteiger partial charge in [-0.3, -0.25) is 14.1 Å². The first-order valence-electron chi connectivity index (χ1n) is 5.92. The lowest BCUT2D eigenvalue weighted by Gasteiger charge is -2.38. The maximum atomic E-state index is 13.3. The van der Waals surface area contributed by atoms with Crippen LogP contribution in [0.25, 0.3) is 0 Å². The lowest BCUT2D eigenvalue weighted by atomic mass is 10.1. The van der Waals surface area contributed by atoms with E-state index in [4.69, 9.17) is 4.74 Å². The van der Waals surface area contributed by atoms with E-state index in [1.807, 2.05) is 0 Å². The summed E-state index contributed by atoms with van der Waals surface area (Å²) >= 11 is 0. The van der Waals surface area contributed by atoms with Crippen LogP contribution in [0.1, 0.15) is 16.8 Å². The summed E-state index contributed by atoms with van der Waals surface area (Å²) in [5.41, 5.74) is 0.0283. The molecule has 0 aliphatic carbocycles. The number of benzene rings is 1. The summed E-state index contributed by atoms with van der Waals surface area (Å²) in [6.07, 6.45) is 1.03. The van der Waals surface area contributed by atoms with Crippen LogP contribution in [0.4, 0.5) is 8.78 Å². The SMILES string of the molecule is O=Cc1ccc(OC2CN(CCCF)C2)cc1F. The summed E-state index contributed by atoms with van der Waals surface area (Å²) in [6, 6.07) is 4.20.